The Morgan fingerprint density at radius 3 is 1.61 bits per heavy atom. The Morgan fingerprint density at radius 2 is 1.33 bits per heavy atom. The van der Waals surface area contributed by atoms with Gasteiger partial charge >= 0.3 is 0 Å². The van der Waals surface area contributed by atoms with E-state index < -0.39 is 5.97 Å². The van der Waals surface area contributed by atoms with Crippen LogP contribution in [0.1, 0.15) is 40.5 Å². The molecule has 0 aliphatic rings. The summed E-state index contributed by atoms with van der Waals surface area (Å²) in [5.41, 5.74) is 0. The maximum Gasteiger partial charge on any atom is 0.290 e. The van der Waals surface area contributed by atoms with E-state index in [0.29, 0.717) is 19.8 Å². The Labute approximate surface area is 128 Å². The van der Waals surface area contributed by atoms with E-state index in [-0.39, 0.29) is 50.6 Å². The van der Waals surface area contributed by atoms with Crippen molar-refractivity contribution in [2.75, 3.05) is 19.8 Å². The van der Waals surface area contributed by atoms with Crippen LogP contribution in [-0.2, 0) is 50.0 Å². The Hall–Kier alpha value is 0.103. The molecule has 0 N–H and O–H groups in total. The summed E-state index contributed by atoms with van der Waals surface area (Å²) in [6.07, 6.45) is -0.183. The standard InChI is InChI=1S/C12H22O5.Zr/c1-5-15-12(16-6-2,17-7-3)9-11(14)8-10(4)13;/h5-9H2,1-4H3;. The Balaban J connectivity index is 0. The summed E-state index contributed by atoms with van der Waals surface area (Å²) >= 11 is 0. The molecule has 18 heavy (non-hydrogen) atoms. The fourth-order valence-corrected chi connectivity index (χ4v) is 1.52. The van der Waals surface area contributed by atoms with E-state index in [2.05, 4.69) is 0 Å². The molecule has 0 fully saturated rings. The predicted octanol–water partition coefficient (Wildman–Crippen LogP) is 1.69. The van der Waals surface area contributed by atoms with Gasteiger partial charge < -0.3 is 14.2 Å². The molecule has 0 heterocycles. The molecule has 6 heteroatoms. The van der Waals surface area contributed by atoms with Gasteiger partial charge in [0.05, 0.1) is 12.8 Å². The second-order valence-corrected chi connectivity index (χ2v) is 3.58. The van der Waals surface area contributed by atoms with Crippen molar-refractivity contribution in [2.45, 2.75) is 46.5 Å². The predicted molar refractivity (Wildman–Crippen MR) is 62.5 cm³/mol. The molecule has 0 amide bonds. The number of hydrogen-bond acceptors (Lipinski definition) is 5. The molecule has 5 nitrogen and oxygen atoms in total. The first-order valence-electron chi connectivity index (χ1n) is 5.92. The Morgan fingerprint density at radius 1 is 0.944 bits per heavy atom. The summed E-state index contributed by atoms with van der Waals surface area (Å²) in [5.74, 6) is -1.76. The first kappa shape index (κ1) is 20.4. The van der Waals surface area contributed by atoms with Crippen molar-refractivity contribution in [1.29, 1.82) is 0 Å². The minimum Gasteiger partial charge on any atom is -0.327 e. The van der Waals surface area contributed by atoms with Crippen LogP contribution in [0.2, 0.25) is 0 Å². The second kappa shape index (κ2) is 11.0. The topological polar surface area (TPSA) is 61.8 Å². The zero-order chi connectivity index (χ0) is 13.3. The van der Waals surface area contributed by atoms with Crippen LogP contribution in [0.4, 0.5) is 0 Å². The quantitative estimate of drug-likeness (QED) is 0.448. The van der Waals surface area contributed by atoms with Gasteiger partial charge in [-0.25, -0.2) is 0 Å². The van der Waals surface area contributed by atoms with Crippen LogP contribution in [0.3, 0.4) is 0 Å². The molecule has 0 aromatic rings. The summed E-state index contributed by atoms with van der Waals surface area (Å²) in [4.78, 5) is 22.5. The zero-order valence-corrected chi connectivity index (χ0v) is 14.0. The summed E-state index contributed by atoms with van der Waals surface area (Å²) in [6, 6.07) is 0. The van der Waals surface area contributed by atoms with E-state index in [1.807, 2.05) is 0 Å². The van der Waals surface area contributed by atoms with Crippen LogP contribution in [0.15, 0.2) is 0 Å². The molecule has 0 bridgehead atoms. The molecule has 0 saturated carbocycles. The number of Topliss-reactive ketones (excluding diaryl/α,β-unsaturated/α-hetero) is 2. The smallest absolute Gasteiger partial charge is 0.290 e. The normalized spacial score (nSPS) is 10.9. The van der Waals surface area contributed by atoms with Crippen LogP contribution in [0.25, 0.3) is 0 Å². The van der Waals surface area contributed by atoms with E-state index in [4.69, 9.17) is 14.2 Å². The molecule has 0 radical (unpaired) electrons. The summed E-state index contributed by atoms with van der Waals surface area (Å²) in [5, 5.41) is 0. The molecule has 0 atom stereocenters. The molecule has 0 rings (SSSR count). The average molecular weight is 338 g/mol. The fraction of sp³-hybridized carbons (Fsp3) is 0.833. The molecule has 104 valence electrons. The fourth-order valence-electron chi connectivity index (χ4n) is 1.52. The van der Waals surface area contributed by atoms with Crippen molar-refractivity contribution in [3.8, 4) is 0 Å². The van der Waals surface area contributed by atoms with Gasteiger partial charge in [-0.2, -0.15) is 0 Å². The maximum absolute atomic E-state index is 11.6. The van der Waals surface area contributed by atoms with Gasteiger partial charge in [-0.1, -0.05) is 0 Å². The SMILES string of the molecule is CCOC(CC(=O)CC(C)=O)(OCC)OCC.[Zr]. The number of carbonyl (C=O) groups is 2. The van der Waals surface area contributed by atoms with Crippen molar-refractivity contribution in [3.05, 3.63) is 0 Å². The van der Waals surface area contributed by atoms with E-state index >= 15 is 0 Å². The number of hydrogen-bond donors (Lipinski definition) is 0. The van der Waals surface area contributed by atoms with Gasteiger partial charge in [0.25, 0.3) is 5.97 Å². The number of ether oxygens (including phenoxy) is 3. The molecular formula is C12H22O5Zr. The van der Waals surface area contributed by atoms with Gasteiger partial charge in [0.15, 0.2) is 0 Å². The Bertz CT molecular complexity index is 238. The summed E-state index contributed by atoms with van der Waals surface area (Å²) < 4.78 is 16.2. The molecule has 0 unspecified atom stereocenters. The average Bonchev–Trinajstić information content (AvgIpc) is 2.16. The van der Waals surface area contributed by atoms with Gasteiger partial charge in [-0.15, -0.1) is 0 Å². The van der Waals surface area contributed by atoms with Crippen molar-refractivity contribution < 1.29 is 50.0 Å². The monoisotopic (exact) mass is 336 g/mol. The maximum atomic E-state index is 11.6. The van der Waals surface area contributed by atoms with Gasteiger partial charge in [0, 0.05) is 46.0 Å². The Kier molecular flexibility index (Phi) is 12.5. The molecule has 0 aliphatic carbocycles. The van der Waals surface area contributed by atoms with Crippen LogP contribution in [0.5, 0.6) is 0 Å². The van der Waals surface area contributed by atoms with Gasteiger partial charge in [-0.3, -0.25) is 9.59 Å². The first-order chi connectivity index (χ1) is 7.99. The summed E-state index contributed by atoms with van der Waals surface area (Å²) in [7, 11) is 0. The molecule has 0 aliphatic heterocycles. The van der Waals surface area contributed by atoms with Gasteiger partial charge in [0.2, 0.25) is 0 Å². The molecule has 0 aromatic carbocycles. The third-order valence-electron chi connectivity index (χ3n) is 1.95. The summed E-state index contributed by atoms with van der Waals surface area (Å²) in [6.45, 7) is 7.86. The number of ketones is 2. The van der Waals surface area contributed by atoms with Gasteiger partial charge in [0.1, 0.15) is 11.6 Å². The molecular weight excluding hydrogens is 315 g/mol. The molecule has 0 saturated heterocycles. The van der Waals surface area contributed by atoms with Crippen molar-refractivity contribution >= 4 is 11.6 Å². The number of rotatable bonds is 10. The largest absolute Gasteiger partial charge is 0.327 e. The number of carbonyl (C=O) groups excluding carboxylic acids is 2. The third kappa shape index (κ3) is 8.25. The van der Waals surface area contributed by atoms with E-state index in [9.17, 15) is 9.59 Å². The van der Waals surface area contributed by atoms with Crippen LogP contribution < -0.4 is 0 Å². The van der Waals surface area contributed by atoms with Gasteiger partial charge in [-0.05, 0) is 27.7 Å². The third-order valence-corrected chi connectivity index (χ3v) is 1.95. The van der Waals surface area contributed by atoms with Crippen LogP contribution in [0, 0.1) is 0 Å². The van der Waals surface area contributed by atoms with Crippen LogP contribution in [-0.4, -0.2) is 37.4 Å². The van der Waals surface area contributed by atoms with Crippen molar-refractivity contribution in [2.24, 2.45) is 0 Å². The van der Waals surface area contributed by atoms with E-state index in [1.54, 1.807) is 20.8 Å². The minimum absolute atomic E-state index is 0. The van der Waals surface area contributed by atoms with E-state index in [0.717, 1.165) is 0 Å². The molecule has 0 spiro atoms. The van der Waals surface area contributed by atoms with Crippen molar-refractivity contribution in [1.82, 2.24) is 0 Å². The van der Waals surface area contributed by atoms with Crippen molar-refractivity contribution in [3.63, 3.8) is 0 Å². The second-order valence-electron chi connectivity index (χ2n) is 3.58. The van der Waals surface area contributed by atoms with Crippen LogP contribution >= 0.6 is 0 Å². The minimum atomic E-state index is -1.34. The first-order valence-corrected chi connectivity index (χ1v) is 5.92. The molecule has 0 aromatic heterocycles. The zero-order valence-electron chi connectivity index (χ0n) is 11.6. The van der Waals surface area contributed by atoms with E-state index in [1.165, 1.54) is 6.92 Å².